The average molecular weight is 300 g/mol. The first kappa shape index (κ1) is 16.5. The Kier molecular flexibility index (Phi) is 5.13. The number of carbonyl (C=O) groups excluding carboxylic acids is 1. The van der Waals surface area contributed by atoms with E-state index in [0.717, 1.165) is 9.87 Å². The third-order valence-corrected chi connectivity index (χ3v) is 5.17. The number of sulfonamides is 1. The summed E-state index contributed by atoms with van der Waals surface area (Å²) < 4.78 is 30.6. The van der Waals surface area contributed by atoms with Crippen LogP contribution in [0.5, 0.6) is 0 Å². The smallest absolute Gasteiger partial charge is 0.306 e. The highest BCUT2D eigenvalue weighted by molar-refractivity contribution is 7.89. The number of anilines is 1. The van der Waals surface area contributed by atoms with Gasteiger partial charge in [-0.25, -0.2) is 12.7 Å². The largest absolute Gasteiger partial charge is 0.469 e. The van der Waals surface area contributed by atoms with Gasteiger partial charge in [-0.05, 0) is 37.1 Å². The topological polar surface area (TPSA) is 89.7 Å². The maximum absolute atomic E-state index is 12.5. The molecule has 1 rings (SSSR count). The lowest BCUT2D eigenvalue weighted by Gasteiger charge is -2.19. The minimum atomic E-state index is -3.67. The number of ether oxygens (including phenoxy) is 1. The van der Waals surface area contributed by atoms with Crippen LogP contribution in [0.1, 0.15) is 17.5 Å². The van der Waals surface area contributed by atoms with Crippen LogP contribution >= 0.6 is 0 Å². The molecule has 0 atom stereocenters. The van der Waals surface area contributed by atoms with Crippen molar-refractivity contribution in [3.8, 4) is 0 Å². The van der Waals surface area contributed by atoms with E-state index in [4.69, 9.17) is 5.73 Å². The van der Waals surface area contributed by atoms with Gasteiger partial charge in [0.25, 0.3) is 0 Å². The lowest BCUT2D eigenvalue weighted by molar-refractivity contribution is -0.140. The molecule has 0 amide bonds. The van der Waals surface area contributed by atoms with Crippen LogP contribution in [0.3, 0.4) is 0 Å². The van der Waals surface area contributed by atoms with Crippen molar-refractivity contribution >= 4 is 21.7 Å². The van der Waals surface area contributed by atoms with Crippen molar-refractivity contribution in [3.05, 3.63) is 23.3 Å². The third-order valence-electron chi connectivity index (χ3n) is 3.19. The van der Waals surface area contributed by atoms with Crippen molar-refractivity contribution in [2.75, 3.05) is 26.4 Å². The first-order valence-electron chi connectivity index (χ1n) is 6.10. The van der Waals surface area contributed by atoms with Gasteiger partial charge < -0.3 is 10.5 Å². The molecule has 1 aromatic carbocycles. The van der Waals surface area contributed by atoms with Gasteiger partial charge in [0, 0.05) is 19.3 Å². The Balaban J connectivity index is 3.08. The van der Waals surface area contributed by atoms with E-state index >= 15 is 0 Å². The molecule has 20 heavy (non-hydrogen) atoms. The summed E-state index contributed by atoms with van der Waals surface area (Å²) >= 11 is 0. The number of nitrogens with two attached hydrogens (primary N) is 1. The Morgan fingerprint density at radius 2 is 1.95 bits per heavy atom. The van der Waals surface area contributed by atoms with Gasteiger partial charge in [-0.1, -0.05) is 0 Å². The van der Waals surface area contributed by atoms with Gasteiger partial charge in [0.2, 0.25) is 10.0 Å². The molecule has 0 aliphatic rings. The highest BCUT2D eigenvalue weighted by Gasteiger charge is 2.24. The Hall–Kier alpha value is -1.60. The molecule has 0 spiro atoms. The minimum Gasteiger partial charge on any atom is -0.469 e. The summed E-state index contributed by atoms with van der Waals surface area (Å²) in [6.45, 7) is 3.59. The van der Waals surface area contributed by atoms with E-state index in [2.05, 4.69) is 4.74 Å². The molecule has 7 heteroatoms. The molecular formula is C13H20N2O4S. The van der Waals surface area contributed by atoms with E-state index < -0.39 is 16.0 Å². The monoisotopic (exact) mass is 300 g/mol. The molecule has 6 nitrogen and oxygen atoms in total. The van der Waals surface area contributed by atoms with Gasteiger partial charge >= 0.3 is 5.97 Å². The predicted molar refractivity (Wildman–Crippen MR) is 76.8 cm³/mol. The second-order valence-electron chi connectivity index (χ2n) is 4.61. The van der Waals surface area contributed by atoms with Gasteiger partial charge in [-0.15, -0.1) is 0 Å². The number of hydrogen-bond acceptors (Lipinski definition) is 5. The normalized spacial score (nSPS) is 11.7. The Morgan fingerprint density at radius 1 is 1.35 bits per heavy atom. The van der Waals surface area contributed by atoms with E-state index in [0.29, 0.717) is 11.3 Å². The molecule has 0 radical (unpaired) electrons. The van der Waals surface area contributed by atoms with Crippen LogP contribution in [0.15, 0.2) is 17.0 Å². The molecule has 0 aromatic heterocycles. The van der Waals surface area contributed by atoms with Crippen molar-refractivity contribution in [2.24, 2.45) is 0 Å². The number of nitrogen functional groups attached to an aromatic ring is 1. The van der Waals surface area contributed by atoms with Gasteiger partial charge in [0.1, 0.15) is 0 Å². The summed E-state index contributed by atoms with van der Waals surface area (Å²) in [5, 5.41) is 0. The minimum absolute atomic E-state index is 0.00652. The van der Waals surface area contributed by atoms with Gasteiger partial charge in [-0.2, -0.15) is 0 Å². The molecular weight excluding hydrogens is 280 g/mol. The molecule has 0 fully saturated rings. The van der Waals surface area contributed by atoms with E-state index in [1.165, 1.54) is 20.2 Å². The van der Waals surface area contributed by atoms with Crippen molar-refractivity contribution in [1.82, 2.24) is 4.31 Å². The number of benzene rings is 1. The zero-order valence-corrected chi connectivity index (χ0v) is 13.0. The van der Waals surface area contributed by atoms with Gasteiger partial charge in [-0.3, -0.25) is 4.79 Å². The summed E-state index contributed by atoms with van der Waals surface area (Å²) in [7, 11) is -0.980. The molecule has 0 heterocycles. The molecule has 0 aliphatic heterocycles. The number of esters is 1. The Morgan fingerprint density at radius 3 is 2.50 bits per heavy atom. The second-order valence-corrected chi connectivity index (χ2v) is 6.63. The van der Waals surface area contributed by atoms with Crippen LogP contribution in [0.25, 0.3) is 0 Å². The fourth-order valence-corrected chi connectivity index (χ4v) is 3.26. The van der Waals surface area contributed by atoms with Crippen molar-refractivity contribution < 1.29 is 17.9 Å². The molecule has 0 unspecified atom stereocenters. The summed E-state index contributed by atoms with van der Waals surface area (Å²) in [6.07, 6.45) is 0.00652. The van der Waals surface area contributed by atoms with Crippen LogP contribution in [-0.4, -0.2) is 39.4 Å². The van der Waals surface area contributed by atoms with Crippen molar-refractivity contribution in [2.45, 2.75) is 25.2 Å². The fraction of sp³-hybridized carbons (Fsp3) is 0.462. The first-order valence-corrected chi connectivity index (χ1v) is 7.54. The molecule has 0 bridgehead atoms. The van der Waals surface area contributed by atoms with E-state index in [1.54, 1.807) is 19.9 Å². The van der Waals surface area contributed by atoms with Crippen molar-refractivity contribution in [1.29, 1.82) is 0 Å². The molecule has 0 saturated heterocycles. The number of nitrogens with zero attached hydrogens (tertiary/aromatic N) is 1. The number of carbonyl (C=O) groups is 1. The molecule has 1 aromatic rings. The van der Waals surface area contributed by atoms with E-state index in [9.17, 15) is 13.2 Å². The van der Waals surface area contributed by atoms with Crippen LogP contribution < -0.4 is 5.73 Å². The maximum Gasteiger partial charge on any atom is 0.306 e. The SMILES string of the molecule is COC(=O)CCN(C)S(=O)(=O)c1cc(N)cc(C)c1C. The molecule has 0 saturated carbocycles. The number of rotatable bonds is 5. The summed E-state index contributed by atoms with van der Waals surface area (Å²) in [5.41, 5.74) is 7.57. The van der Waals surface area contributed by atoms with Crippen LogP contribution in [-0.2, 0) is 19.6 Å². The average Bonchev–Trinajstić information content (AvgIpc) is 2.39. The quantitative estimate of drug-likeness (QED) is 0.649. The Labute approximate surface area is 119 Å². The predicted octanol–water partition coefficient (Wildman–Crippen LogP) is 1.07. The van der Waals surface area contributed by atoms with Crippen LogP contribution in [0.4, 0.5) is 5.69 Å². The second kappa shape index (κ2) is 6.23. The molecule has 2 N–H and O–H groups in total. The lowest BCUT2D eigenvalue weighted by Crippen LogP contribution is -2.30. The van der Waals surface area contributed by atoms with Crippen molar-refractivity contribution in [3.63, 3.8) is 0 Å². The van der Waals surface area contributed by atoms with E-state index in [-0.39, 0.29) is 17.9 Å². The third kappa shape index (κ3) is 3.49. The summed E-state index contributed by atoms with van der Waals surface area (Å²) in [5.74, 6) is -0.451. The standard InChI is InChI=1S/C13H20N2O4S/c1-9-7-11(14)8-12(10(9)2)20(17,18)15(3)6-5-13(16)19-4/h7-8H,5-6,14H2,1-4H3. The maximum atomic E-state index is 12.5. The summed E-state index contributed by atoms with van der Waals surface area (Å²) in [4.78, 5) is 11.3. The highest BCUT2D eigenvalue weighted by atomic mass is 32.2. The zero-order valence-electron chi connectivity index (χ0n) is 12.1. The van der Waals surface area contributed by atoms with E-state index in [1.807, 2.05) is 0 Å². The number of methoxy groups -OCH3 is 1. The number of aryl methyl sites for hydroxylation is 1. The van der Waals surface area contributed by atoms with Gasteiger partial charge in [0.15, 0.2) is 0 Å². The molecule has 0 aliphatic carbocycles. The fourth-order valence-electron chi connectivity index (χ4n) is 1.76. The first-order chi connectivity index (χ1) is 9.20. The lowest BCUT2D eigenvalue weighted by atomic mass is 10.1. The Bertz CT molecular complexity index is 611. The zero-order chi connectivity index (χ0) is 15.5. The summed E-state index contributed by atoms with van der Waals surface area (Å²) in [6, 6.07) is 3.16. The number of hydrogen-bond donors (Lipinski definition) is 1. The highest BCUT2D eigenvalue weighted by Crippen LogP contribution is 2.24. The van der Waals surface area contributed by atoms with Gasteiger partial charge in [0.05, 0.1) is 18.4 Å². The van der Waals surface area contributed by atoms with Crippen LogP contribution in [0, 0.1) is 13.8 Å². The molecule has 112 valence electrons. The van der Waals surface area contributed by atoms with Crippen LogP contribution in [0.2, 0.25) is 0 Å².